The summed E-state index contributed by atoms with van der Waals surface area (Å²) in [6.45, 7) is 13.4. The Bertz CT molecular complexity index is 425. The Hall–Kier alpha value is -1.09. The van der Waals surface area contributed by atoms with Crippen LogP contribution in [0, 0.1) is 18.7 Å². The van der Waals surface area contributed by atoms with Gasteiger partial charge in [0.2, 0.25) is 0 Å². The second-order valence-corrected chi connectivity index (χ2v) is 6.09. The number of hydrogen-bond donors (Lipinski definition) is 1. The number of benzene rings is 1. The molecule has 19 heavy (non-hydrogen) atoms. The Morgan fingerprint density at radius 3 is 2.16 bits per heavy atom. The third-order valence-corrected chi connectivity index (χ3v) is 3.29. The van der Waals surface area contributed by atoms with Gasteiger partial charge in [-0.3, -0.25) is 0 Å². The lowest BCUT2D eigenvalue weighted by Crippen LogP contribution is -2.35. The third-order valence-electron chi connectivity index (χ3n) is 3.29. The molecule has 0 radical (unpaired) electrons. The van der Waals surface area contributed by atoms with E-state index in [1.54, 1.807) is 13.0 Å². The van der Waals surface area contributed by atoms with Crippen LogP contribution in [0.15, 0.2) is 12.1 Å². The van der Waals surface area contributed by atoms with Crippen LogP contribution in [0.5, 0.6) is 0 Å². The number of nitrogens with two attached hydrogens (primary N) is 1. The van der Waals surface area contributed by atoms with Gasteiger partial charge in [-0.1, -0.05) is 13.8 Å². The monoisotopic (exact) mass is 266 g/mol. The molecule has 0 spiro atoms. The minimum absolute atomic E-state index is 0.168. The SMILES string of the molecule is Cc1cc(N(CC(C)C)C(C)C)c([C@@H](C)N)cc1F. The van der Waals surface area contributed by atoms with Crippen molar-refractivity contribution in [2.24, 2.45) is 11.7 Å². The number of aryl methyl sites for hydroxylation is 1. The Morgan fingerprint density at radius 2 is 1.74 bits per heavy atom. The second kappa shape index (κ2) is 6.38. The standard InChI is InChI=1S/C16H27FN2/c1-10(2)9-19(11(3)4)16-7-12(5)15(17)8-14(16)13(6)18/h7-8,10-11,13H,9,18H2,1-6H3/t13-/m1/s1. The molecule has 1 aromatic carbocycles. The van der Waals surface area contributed by atoms with Crippen molar-refractivity contribution in [2.45, 2.75) is 53.6 Å². The lowest BCUT2D eigenvalue weighted by atomic mass is 10.0. The molecular formula is C16H27FN2. The number of halogens is 1. The summed E-state index contributed by atoms with van der Waals surface area (Å²) >= 11 is 0. The van der Waals surface area contributed by atoms with E-state index in [9.17, 15) is 4.39 Å². The number of rotatable bonds is 5. The zero-order valence-corrected chi connectivity index (χ0v) is 13.0. The fourth-order valence-electron chi connectivity index (χ4n) is 2.28. The van der Waals surface area contributed by atoms with Crippen molar-refractivity contribution in [3.63, 3.8) is 0 Å². The number of hydrogen-bond acceptors (Lipinski definition) is 2. The Labute approximate surface area is 116 Å². The zero-order chi connectivity index (χ0) is 14.7. The highest BCUT2D eigenvalue weighted by Gasteiger charge is 2.19. The molecule has 3 heteroatoms. The van der Waals surface area contributed by atoms with E-state index in [0.717, 1.165) is 17.8 Å². The van der Waals surface area contributed by atoms with Crippen molar-refractivity contribution in [1.82, 2.24) is 0 Å². The van der Waals surface area contributed by atoms with E-state index in [-0.39, 0.29) is 11.9 Å². The normalized spacial score (nSPS) is 13.2. The molecule has 0 saturated carbocycles. The smallest absolute Gasteiger partial charge is 0.126 e. The number of anilines is 1. The van der Waals surface area contributed by atoms with Gasteiger partial charge in [0, 0.05) is 24.3 Å². The summed E-state index contributed by atoms with van der Waals surface area (Å²) < 4.78 is 13.8. The van der Waals surface area contributed by atoms with Crippen molar-refractivity contribution in [3.05, 3.63) is 29.1 Å². The van der Waals surface area contributed by atoms with Crippen LogP contribution in [0.3, 0.4) is 0 Å². The summed E-state index contributed by atoms with van der Waals surface area (Å²) in [5.41, 5.74) is 8.64. The summed E-state index contributed by atoms with van der Waals surface area (Å²) in [6, 6.07) is 3.71. The predicted octanol–water partition coefficient (Wildman–Crippen LogP) is 4.02. The van der Waals surface area contributed by atoms with E-state index < -0.39 is 0 Å². The van der Waals surface area contributed by atoms with Crippen LogP contribution in [0.4, 0.5) is 10.1 Å². The molecule has 1 atom stereocenters. The van der Waals surface area contributed by atoms with E-state index in [1.165, 1.54) is 0 Å². The van der Waals surface area contributed by atoms with E-state index in [0.29, 0.717) is 17.5 Å². The van der Waals surface area contributed by atoms with E-state index in [1.807, 2.05) is 13.0 Å². The quantitative estimate of drug-likeness (QED) is 0.872. The molecule has 0 unspecified atom stereocenters. The molecule has 0 bridgehead atoms. The van der Waals surface area contributed by atoms with E-state index >= 15 is 0 Å². The van der Waals surface area contributed by atoms with Crippen LogP contribution < -0.4 is 10.6 Å². The van der Waals surface area contributed by atoms with Crippen LogP contribution in [0.2, 0.25) is 0 Å². The maximum absolute atomic E-state index is 13.8. The largest absolute Gasteiger partial charge is 0.369 e. The summed E-state index contributed by atoms with van der Waals surface area (Å²) in [4.78, 5) is 2.32. The highest BCUT2D eigenvalue weighted by molar-refractivity contribution is 5.57. The highest BCUT2D eigenvalue weighted by atomic mass is 19.1. The van der Waals surface area contributed by atoms with Crippen LogP contribution >= 0.6 is 0 Å². The lowest BCUT2D eigenvalue weighted by molar-refractivity contribution is 0.564. The molecule has 0 saturated heterocycles. The molecule has 0 aliphatic heterocycles. The van der Waals surface area contributed by atoms with Gasteiger partial charge in [-0.05, 0) is 56.9 Å². The molecular weight excluding hydrogens is 239 g/mol. The van der Waals surface area contributed by atoms with Crippen molar-refractivity contribution in [3.8, 4) is 0 Å². The fourth-order valence-corrected chi connectivity index (χ4v) is 2.28. The molecule has 2 N–H and O–H groups in total. The Kier molecular flexibility index (Phi) is 5.36. The third kappa shape index (κ3) is 3.93. The Morgan fingerprint density at radius 1 is 1.16 bits per heavy atom. The van der Waals surface area contributed by atoms with Crippen LogP contribution in [-0.2, 0) is 0 Å². The second-order valence-electron chi connectivity index (χ2n) is 6.09. The first kappa shape index (κ1) is 16.0. The molecule has 0 aromatic heterocycles. The van der Waals surface area contributed by atoms with Gasteiger partial charge in [-0.15, -0.1) is 0 Å². The van der Waals surface area contributed by atoms with Gasteiger partial charge in [-0.2, -0.15) is 0 Å². The van der Waals surface area contributed by atoms with E-state index in [2.05, 4.69) is 32.6 Å². The lowest BCUT2D eigenvalue weighted by Gasteiger charge is -2.33. The van der Waals surface area contributed by atoms with Gasteiger partial charge in [-0.25, -0.2) is 4.39 Å². The van der Waals surface area contributed by atoms with Gasteiger partial charge >= 0.3 is 0 Å². The first-order chi connectivity index (χ1) is 8.73. The van der Waals surface area contributed by atoms with Crippen molar-refractivity contribution >= 4 is 5.69 Å². The predicted molar refractivity (Wildman–Crippen MR) is 81.1 cm³/mol. The summed E-state index contributed by atoms with van der Waals surface area (Å²) in [6.07, 6.45) is 0. The van der Waals surface area contributed by atoms with Crippen LogP contribution in [0.25, 0.3) is 0 Å². The first-order valence-corrected chi connectivity index (χ1v) is 7.06. The minimum atomic E-state index is -0.177. The minimum Gasteiger partial charge on any atom is -0.369 e. The fraction of sp³-hybridized carbons (Fsp3) is 0.625. The average Bonchev–Trinajstić information content (AvgIpc) is 2.28. The molecule has 0 aliphatic rings. The average molecular weight is 266 g/mol. The molecule has 1 aromatic rings. The molecule has 1 rings (SSSR count). The number of nitrogens with zero attached hydrogens (tertiary/aromatic N) is 1. The summed E-state index contributed by atoms with van der Waals surface area (Å²) in [7, 11) is 0. The van der Waals surface area contributed by atoms with Gasteiger partial charge in [0.15, 0.2) is 0 Å². The summed E-state index contributed by atoms with van der Waals surface area (Å²) in [5, 5.41) is 0. The van der Waals surface area contributed by atoms with Gasteiger partial charge < -0.3 is 10.6 Å². The van der Waals surface area contributed by atoms with Crippen molar-refractivity contribution < 1.29 is 4.39 Å². The topological polar surface area (TPSA) is 29.3 Å². The maximum atomic E-state index is 13.8. The van der Waals surface area contributed by atoms with Crippen LogP contribution in [-0.4, -0.2) is 12.6 Å². The van der Waals surface area contributed by atoms with Crippen molar-refractivity contribution in [1.29, 1.82) is 0 Å². The molecule has 0 heterocycles. The highest BCUT2D eigenvalue weighted by Crippen LogP contribution is 2.30. The molecule has 2 nitrogen and oxygen atoms in total. The molecule has 0 amide bonds. The van der Waals surface area contributed by atoms with Gasteiger partial charge in [0.25, 0.3) is 0 Å². The first-order valence-electron chi connectivity index (χ1n) is 7.06. The Balaban J connectivity index is 3.31. The van der Waals surface area contributed by atoms with Gasteiger partial charge in [0.1, 0.15) is 5.82 Å². The molecule has 108 valence electrons. The van der Waals surface area contributed by atoms with Crippen molar-refractivity contribution in [2.75, 3.05) is 11.4 Å². The van der Waals surface area contributed by atoms with Crippen LogP contribution in [0.1, 0.15) is 51.8 Å². The maximum Gasteiger partial charge on any atom is 0.126 e. The van der Waals surface area contributed by atoms with Gasteiger partial charge in [0.05, 0.1) is 0 Å². The van der Waals surface area contributed by atoms with E-state index in [4.69, 9.17) is 5.73 Å². The molecule has 0 aliphatic carbocycles. The molecule has 0 fully saturated rings. The zero-order valence-electron chi connectivity index (χ0n) is 13.0. The summed E-state index contributed by atoms with van der Waals surface area (Å²) in [5.74, 6) is 0.373.